The van der Waals surface area contributed by atoms with Crippen LogP contribution in [0.2, 0.25) is 0 Å². The smallest absolute Gasteiger partial charge is 0.378 e. The highest BCUT2D eigenvalue weighted by Crippen LogP contribution is 2.35. The summed E-state index contributed by atoms with van der Waals surface area (Å²) in [5, 5.41) is 17.9. The molecule has 2 N–H and O–H groups in total. The van der Waals surface area contributed by atoms with E-state index in [0.717, 1.165) is 30.9 Å². The topological polar surface area (TPSA) is 105 Å². The summed E-state index contributed by atoms with van der Waals surface area (Å²) in [6, 6.07) is 7.58. The number of aromatic nitrogens is 2. The Morgan fingerprint density at radius 1 is 1.15 bits per heavy atom. The van der Waals surface area contributed by atoms with Gasteiger partial charge in [-0.15, -0.1) is 0 Å². The van der Waals surface area contributed by atoms with Crippen molar-refractivity contribution in [2.24, 2.45) is 0 Å². The molecule has 0 radical (unpaired) electrons. The third-order valence-electron chi connectivity index (χ3n) is 5.61. The number of rotatable bonds is 6. The number of morpholine rings is 1. The fourth-order valence-corrected chi connectivity index (χ4v) is 3.80. The molecule has 1 aliphatic rings. The third kappa shape index (κ3) is 4.96. The van der Waals surface area contributed by atoms with Crippen molar-refractivity contribution >= 4 is 34.0 Å². The first-order chi connectivity index (χ1) is 16.2. The summed E-state index contributed by atoms with van der Waals surface area (Å²) in [5.74, 6) is 0.730. The van der Waals surface area contributed by atoms with Crippen LogP contribution in [0.25, 0.3) is 10.9 Å². The Hall–Kier alpha value is -3.67. The highest BCUT2D eigenvalue weighted by Gasteiger charge is 2.33. The maximum atomic E-state index is 13.3. The molecule has 3 aromatic rings. The van der Waals surface area contributed by atoms with Gasteiger partial charge in [-0.1, -0.05) is 0 Å². The molecular formula is C22H23F3N6O3. The third-order valence-corrected chi connectivity index (χ3v) is 5.61. The van der Waals surface area contributed by atoms with Crippen LogP contribution in [-0.4, -0.2) is 48.2 Å². The fraction of sp³-hybridized carbons (Fsp3) is 0.364. The number of fused-ring (bicyclic) bond motifs is 1. The second-order valence-corrected chi connectivity index (χ2v) is 7.88. The largest absolute Gasteiger partial charge is 0.416 e. The molecule has 1 unspecified atom stereocenters. The lowest BCUT2D eigenvalue weighted by Gasteiger charge is -2.29. The molecule has 0 bridgehead atoms. The molecule has 1 fully saturated rings. The first kappa shape index (κ1) is 23.5. The number of nitro groups is 1. The zero-order valence-corrected chi connectivity index (χ0v) is 18.5. The Bertz CT molecular complexity index is 1210. The van der Waals surface area contributed by atoms with Crippen LogP contribution in [0.4, 0.5) is 36.3 Å². The molecule has 12 heteroatoms. The second kappa shape index (κ2) is 9.29. The lowest BCUT2D eigenvalue weighted by atomic mass is 10.0. The van der Waals surface area contributed by atoms with E-state index in [2.05, 4.69) is 25.5 Å². The molecule has 1 aliphatic heterocycles. The van der Waals surface area contributed by atoms with Crippen LogP contribution >= 0.6 is 0 Å². The van der Waals surface area contributed by atoms with Crippen molar-refractivity contribution < 1.29 is 22.8 Å². The van der Waals surface area contributed by atoms with E-state index in [9.17, 15) is 23.3 Å². The molecule has 0 spiro atoms. The van der Waals surface area contributed by atoms with Crippen LogP contribution in [-0.2, 0) is 10.9 Å². The van der Waals surface area contributed by atoms with Crippen LogP contribution < -0.4 is 15.5 Å². The summed E-state index contributed by atoms with van der Waals surface area (Å²) in [7, 11) is 1.66. The molecule has 1 aromatic heterocycles. The van der Waals surface area contributed by atoms with Gasteiger partial charge in [0.05, 0.1) is 35.3 Å². The number of nitrogens with zero attached hydrogens (tertiary/aromatic N) is 4. The van der Waals surface area contributed by atoms with Crippen molar-refractivity contribution in [2.45, 2.75) is 19.1 Å². The standard InChI is InChI=1S/C22H23F3N6O3/c1-13(14-9-15(22(23,24)25)11-17(10-14)31(32)33)27-20-18-12-16(30-5-7-34-8-6-30)3-4-19(18)28-21(26-2)29-20/h3-4,9-13H,5-8H2,1-2H3,(H2,26,27,28,29). The predicted octanol–water partition coefficient (Wildman–Crippen LogP) is 4.61. The van der Waals surface area contributed by atoms with Gasteiger partial charge in [-0.25, -0.2) is 4.98 Å². The minimum atomic E-state index is -4.71. The Kier molecular flexibility index (Phi) is 6.42. The van der Waals surface area contributed by atoms with Crippen LogP contribution in [0.1, 0.15) is 24.1 Å². The Balaban J connectivity index is 1.74. The van der Waals surface area contributed by atoms with Gasteiger partial charge in [0.25, 0.3) is 5.69 Å². The van der Waals surface area contributed by atoms with E-state index < -0.39 is 28.4 Å². The van der Waals surface area contributed by atoms with E-state index in [-0.39, 0.29) is 5.56 Å². The van der Waals surface area contributed by atoms with E-state index in [4.69, 9.17) is 4.74 Å². The molecule has 34 heavy (non-hydrogen) atoms. The fourth-order valence-electron chi connectivity index (χ4n) is 3.80. The van der Waals surface area contributed by atoms with Gasteiger partial charge in [-0.05, 0) is 36.8 Å². The van der Waals surface area contributed by atoms with Crippen molar-refractivity contribution in [3.63, 3.8) is 0 Å². The SMILES string of the molecule is CNc1nc(NC(C)c2cc([N+](=O)[O-])cc(C(F)(F)F)c2)c2cc(N3CCOCC3)ccc2n1. The molecule has 0 saturated carbocycles. The molecule has 180 valence electrons. The lowest BCUT2D eigenvalue weighted by Crippen LogP contribution is -2.36. The summed E-state index contributed by atoms with van der Waals surface area (Å²) in [5.41, 5.74) is -0.00770. The summed E-state index contributed by atoms with van der Waals surface area (Å²) in [4.78, 5) is 21.5. The van der Waals surface area contributed by atoms with Gasteiger partial charge < -0.3 is 20.3 Å². The number of hydrogen-bond acceptors (Lipinski definition) is 8. The second-order valence-electron chi connectivity index (χ2n) is 7.88. The number of benzene rings is 2. The van der Waals surface area contributed by atoms with E-state index in [1.807, 2.05) is 18.2 Å². The number of nitro benzene ring substituents is 1. The Morgan fingerprint density at radius 2 is 1.88 bits per heavy atom. The maximum Gasteiger partial charge on any atom is 0.416 e. The number of hydrogen-bond donors (Lipinski definition) is 2. The summed E-state index contributed by atoms with van der Waals surface area (Å²) in [6.45, 7) is 4.31. The van der Waals surface area contributed by atoms with E-state index >= 15 is 0 Å². The molecule has 4 rings (SSSR count). The molecule has 0 amide bonds. The van der Waals surface area contributed by atoms with Crippen LogP contribution in [0.5, 0.6) is 0 Å². The molecule has 2 aromatic carbocycles. The minimum absolute atomic E-state index is 0.114. The Morgan fingerprint density at radius 3 is 2.53 bits per heavy atom. The quantitative estimate of drug-likeness (QED) is 0.393. The van der Waals surface area contributed by atoms with Gasteiger partial charge in [0.1, 0.15) is 5.82 Å². The number of nitrogens with one attached hydrogen (secondary N) is 2. The molecule has 1 atom stereocenters. The number of alkyl halides is 3. The summed E-state index contributed by atoms with van der Waals surface area (Å²) in [6.07, 6.45) is -4.71. The van der Waals surface area contributed by atoms with Gasteiger partial charge in [-0.2, -0.15) is 18.2 Å². The zero-order valence-electron chi connectivity index (χ0n) is 18.5. The monoisotopic (exact) mass is 476 g/mol. The van der Waals surface area contributed by atoms with Gasteiger partial charge in [0.2, 0.25) is 5.95 Å². The molecule has 1 saturated heterocycles. The van der Waals surface area contributed by atoms with E-state index in [1.165, 1.54) is 0 Å². The Labute approximate surface area is 193 Å². The highest BCUT2D eigenvalue weighted by atomic mass is 19.4. The molecule has 9 nitrogen and oxygen atoms in total. The normalized spacial score (nSPS) is 15.3. The molecule has 0 aliphatic carbocycles. The highest BCUT2D eigenvalue weighted by molar-refractivity contribution is 5.93. The number of ether oxygens (including phenoxy) is 1. The summed E-state index contributed by atoms with van der Waals surface area (Å²) < 4.78 is 45.4. The molecule has 2 heterocycles. The molecular weight excluding hydrogens is 453 g/mol. The number of anilines is 3. The van der Waals surface area contributed by atoms with Crippen molar-refractivity contribution in [2.75, 3.05) is 48.9 Å². The summed E-state index contributed by atoms with van der Waals surface area (Å²) >= 11 is 0. The van der Waals surface area contributed by atoms with Crippen LogP contribution in [0.3, 0.4) is 0 Å². The van der Waals surface area contributed by atoms with Crippen molar-refractivity contribution in [3.05, 3.63) is 57.6 Å². The minimum Gasteiger partial charge on any atom is -0.378 e. The van der Waals surface area contributed by atoms with E-state index in [1.54, 1.807) is 14.0 Å². The predicted molar refractivity (Wildman–Crippen MR) is 122 cm³/mol. The maximum absolute atomic E-state index is 13.3. The van der Waals surface area contributed by atoms with Crippen molar-refractivity contribution in [1.29, 1.82) is 0 Å². The average Bonchev–Trinajstić information content (AvgIpc) is 2.83. The van der Waals surface area contributed by atoms with Crippen molar-refractivity contribution in [1.82, 2.24) is 9.97 Å². The first-order valence-corrected chi connectivity index (χ1v) is 10.6. The van der Waals surface area contributed by atoms with Gasteiger partial charge >= 0.3 is 6.18 Å². The van der Waals surface area contributed by atoms with Gasteiger partial charge in [-0.3, -0.25) is 10.1 Å². The van der Waals surface area contributed by atoms with Gasteiger partial charge in [0.15, 0.2) is 0 Å². The first-order valence-electron chi connectivity index (χ1n) is 10.6. The van der Waals surface area contributed by atoms with Crippen molar-refractivity contribution in [3.8, 4) is 0 Å². The van der Waals surface area contributed by atoms with E-state index in [0.29, 0.717) is 41.9 Å². The number of non-ortho nitro benzene ring substituents is 1. The van der Waals surface area contributed by atoms with Crippen LogP contribution in [0, 0.1) is 10.1 Å². The average molecular weight is 476 g/mol. The van der Waals surface area contributed by atoms with Crippen LogP contribution in [0.15, 0.2) is 36.4 Å². The zero-order chi connectivity index (χ0) is 24.5. The lowest BCUT2D eigenvalue weighted by molar-refractivity contribution is -0.385. The van der Waals surface area contributed by atoms with Gasteiger partial charge in [0, 0.05) is 43.3 Å². The number of halogens is 3.